The standard InChI is InChI=1S/C12H27N3/c1-11(2)15-7-5-14(6-8-15)10-12(3)9-13-4/h11-13H,5-10H2,1-4H3. The highest BCUT2D eigenvalue weighted by Gasteiger charge is 2.19. The van der Waals surface area contributed by atoms with Crippen molar-refractivity contribution >= 4 is 0 Å². The van der Waals surface area contributed by atoms with Gasteiger partial charge < -0.3 is 10.2 Å². The third kappa shape index (κ3) is 4.49. The first-order valence-corrected chi connectivity index (χ1v) is 6.24. The van der Waals surface area contributed by atoms with Gasteiger partial charge in [-0.15, -0.1) is 0 Å². The van der Waals surface area contributed by atoms with Crippen LogP contribution in [-0.2, 0) is 0 Å². The van der Waals surface area contributed by atoms with E-state index >= 15 is 0 Å². The molecule has 3 nitrogen and oxygen atoms in total. The summed E-state index contributed by atoms with van der Waals surface area (Å²) in [4.78, 5) is 5.17. The Labute approximate surface area is 94.8 Å². The van der Waals surface area contributed by atoms with Gasteiger partial charge in [0.1, 0.15) is 0 Å². The van der Waals surface area contributed by atoms with Crippen LogP contribution in [0.4, 0.5) is 0 Å². The molecule has 1 N–H and O–H groups in total. The summed E-state index contributed by atoms with van der Waals surface area (Å²) in [7, 11) is 2.03. The fraction of sp³-hybridized carbons (Fsp3) is 1.00. The average molecular weight is 213 g/mol. The third-order valence-electron chi connectivity index (χ3n) is 3.26. The van der Waals surface area contributed by atoms with E-state index in [1.54, 1.807) is 0 Å². The molecule has 1 atom stereocenters. The summed E-state index contributed by atoms with van der Waals surface area (Å²) >= 11 is 0. The fourth-order valence-electron chi connectivity index (χ4n) is 2.32. The number of nitrogens with zero attached hydrogens (tertiary/aromatic N) is 2. The van der Waals surface area contributed by atoms with Crippen LogP contribution in [0.5, 0.6) is 0 Å². The highest BCUT2D eigenvalue weighted by molar-refractivity contribution is 4.75. The van der Waals surface area contributed by atoms with Crippen molar-refractivity contribution in [2.24, 2.45) is 5.92 Å². The molecule has 1 heterocycles. The van der Waals surface area contributed by atoms with Gasteiger partial charge in [0, 0.05) is 38.8 Å². The molecule has 1 fully saturated rings. The normalized spacial score (nSPS) is 22.2. The lowest BCUT2D eigenvalue weighted by Crippen LogP contribution is -2.50. The van der Waals surface area contributed by atoms with Gasteiger partial charge in [0.25, 0.3) is 0 Å². The largest absolute Gasteiger partial charge is 0.319 e. The van der Waals surface area contributed by atoms with E-state index < -0.39 is 0 Å². The monoisotopic (exact) mass is 213 g/mol. The Morgan fingerprint density at radius 2 is 1.67 bits per heavy atom. The topological polar surface area (TPSA) is 18.5 Å². The lowest BCUT2D eigenvalue weighted by molar-refractivity contribution is 0.0987. The molecule has 1 rings (SSSR count). The summed E-state index contributed by atoms with van der Waals surface area (Å²) in [6.07, 6.45) is 0. The van der Waals surface area contributed by atoms with Gasteiger partial charge in [-0.2, -0.15) is 0 Å². The van der Waals surface area contributed by atoms with Crippen molar-refractivity contribution in [3.05, 3.63) is 0 Å². The first-order chi connectivity index (χ1) is 7.13. The number of nitrogens with one attached hydrogen (secondary N) is 1. The fourth-order valence-corrected chi connectivity index (χ4v) is 2.32. The quantitative estimate of drug-likeness (QED) is 0.731. The Morgan fingerprint density at radius 1 is 1.07 bits per heavy atom. The van der Waals surface area contributed by atoms with Crippen molar-refractivity contribution < 1.29 is 0 Å². The van der Waals surface area contributed by atoms with Gasteiger partial charge in [0.15, 0.2) is 0 Å². The predicted octanol–water partition coefficient (Wildman–Crippen LogP) is 0.868. The van der Waals surface area contributed by atoms with Gasteiger partial charge in [-0.3, -0.25) is 4.90 Å². The van der Waals surface area contributed by atoms with E-state index in [9.17, 15) is 0 Å². The van der Waals surface area contributed by atoms with Crippen molar-refractivity contribution in [2.75, 3.05) is 46.3 Å². The van der Waals surface area contributed by atoms with E-state index in [2.05, 4.69) is 35.9 Å². The molecule has 0 aromatic rings. The summed E-state index contributed by atoms with van der Waals surface area (Å²) in [5.41, 5.74) is 0. The lowest BCUT2D eigenvalue weighted by Gasteiger charge is -2.37. The van der Waals surface area contributed by atoms with Crippen LogP contribution in [0.15, 0.2) is 0 Å². The van der Waals surface area contributed by atoms with Crippen LogP contribution in [-0.4, -0.2) is 62.2 Å². The zero-order chi connectivity index (χ0) is 11.3. The smallest absolute Gasteiger partial charge is 0.0113 e. The molecule has 0 aliphatic carbocycles. The Hall–Kier alpha value is -0.120. The number of rotatable bonds is 5. The lowest BCUT2D eigenvalue weighted by atomic mass is 10.1. The van der Waals surface area contributed by atoms with Gasteiger partial charge in [0.05, 0.1) is 0 Å². The molecule has 90 valence electrons. The van der Waals surface area contributed by atoms with Crippen LogP contribution in [0, 0.1) is 5.92 Å². The molecule has 0 aromatic heterocycles. The van der Waals surface area contributed by atoms with Gasteiger partial charge >= 0.3 is 0 Å². The van der Waals surface area contributed by atoms with Crippen LogP contribution in [0.25, 0.3) is 0 Å². The molecule has 0 amide bonds. The Balaban J connectivity index is 2.19. The molecule has 15 heavy (non-hydrogen) atoms. The zero-order valence-corrected chi connectivity index (χ0v) is 10.8. The second-order valence-electron chi connectivity index (χ2n) is 5.09. The second kappa shape index (κ2) is 6.46. The molecule has 0 bridgehead atoms. The van der Waals surface area contributed by atoms with E-state index in [0.717, 1.165) is 12.5 Å². The third-order valence-corrected chi connectivity index (χ3v) is 3.26. The van der Waals surface area contributed by atoms with Gasteiger partial charge in [0.2, 0.25) is 0 Å². The van der Waals surface area contributed by atoms with E-state index in [-0.39, 0.29) is 0 Å². The maximum Gasteiger partial charge on any atom is 0.0113 e. The zero-order valence-electron chi connectivity index (χ0n) is 10.8. The van der Waals surface area contributed by atoms with Crippen LogP contribution >= 0.6 is 0 Å². The summed E-state index contributed by atoms with van der Waals surface area (Å²) in [5.74, 6) is 0.764. The summed E-state index contributed by atoms with van der Waals surface area (Å²) < 4.78 is 0. The molecule has 0 radical (unpaired) electrons. The molecule has 0 saturated carbocycles. The highest BCUT2D eigenvalue weighted by Crippen LogP contribution is 2.07. The van der Waals surface area contributed by atoms with Crippen LogP contribution < -0.4 is 5.32 Å². The van der Waals surface area contributed by atoms with E-state index in [1.165, 1.54) is 32.7 Å². The Kier molecular flexibility index (Phi) is 5.58. The number of hydrogen-bond acceptors (Lipinski definition) is 3. The maximum absolute atomic E-state index is 3.25. The highest BCUT2D eigenvalue weighted by atomic mass is 15.3. The van der Waals surface area contributed by atoms with Crippen LogP contribution in [0.2, 0.25) is 0 Å². The molecule has 1 saturated heterocycles. The Morgan fingerprint density at radius 3 is 2.13 bits per heavy atom. The van der Waals surface area contributed by atoms with Gasteiger partial charge in [-0.1, -0.05) is 6.92 Å². The molecular formula is C12H27N3. The van der Waals surface area contributed by atoms with Crippen molar-refractivity contribution in [1.29, 1.82) is 0 Å². The van der Waals surface area contributed by atoms with E-state index in [0.29, 0.717) is 6.04 Å². The van der Waals surface area contributed by atoms with E-state index in [1.807, 2.05) is 7.05 Å². The first-order valence-electron chi connectivity index (χ1n) is 6.24. The summed E-state index contributed by atoms with van der Waals surface area (Å²) in [6.45, 7) is 14.2. The van der Waals surface area contributed by atoms with Gasteiger partial charge in [-0.25, -0.2) is 0 Å². The van der Waals surface area contributed by atoms with Crippen LogP contribution in [0.3, 0.4) is 0 Å². The molecular weight excluding hydrogens is 186 g/mol. The number of hydrogen-bond donors (Lipinski definition) is 1. The molecule has 1 aliphatic heterocycles. The molecule has 0 spiro atoms. The minimum absolute atomic E-state index is 0.710. The van der Waals surface area contributed by atoms with Crippen LogP contribution in [0.1, 0.15) is 20.8 Å². The van der Waals surface area contributed by atoms with Crippen molar-refractivity contribution in [3.63, 3.8) is 0 Å². The minimum Gasteiger partial charge on any atom is -0.319 e. The molecule has 1 unspecified atom stereocenters. The predicted molar refractivity (Wildman–Crippen MR) is 66.2 cm³/mol. The second-order valence-corrected chi connectivity index (χ2v) is 5.09. The van der Waals surface area contributed by atoms with E-state index in [4.69, 9.17) is 0 Å². The maximum atomic E-state index is 3.25. The average Bonchev–Trinajstić information content (AvgIpc) is 2.18. The Bertz CT molecular complexity index is 162. The van der Waals surface area contributed by atoms with Crippen molar-refractivity contribution in [1.82, 2.24) is 15.1 Å². The summed E-state index contributed by atoms with van der Waals surface area (Å²) in [6, 6.07) is 0.710. The number of piperazine rings is 1. The van der Waals surface area contributed by atoms with Crippen molar-refractivity contribution in [3.8, 4) is 0 Å². The SMILES string of the molecule is CNCC(C)CN1CCN(C(C)C)CC1. The van der Waals surface area contributed by atoms with Crippen molar-refractivity contribution in [2.45, 2.75) is 26.8 Å². The van der Waals surface area contributed by atoms with Gasteiger partial charge in [-0.05, 0) is 33.4 Å². The first kappa shape index (κ1) is 12.9. The molecule has 0 aromatic carbocycles. The summed E-state index contributed by atoms with van der Waals surface area (Å²) in [5, 5.41) is 3.25. The molecule has 3 heteroatoms. The minimum atomic E-state index is 0.710. The molecule has 1 aliphatic rings.